The molecule has 3 unspecified atom stereocenters. The maximum absolute atomic E-state index is 13.0. The monoisotopic (exact) mass is 330 g/mol. The molecule has 0 aromatic rings. The van der Waals surface area contributed by atoms with Crippen LogP contribution in [-0.2, 0) is 9.47 Å². The van der Waals surface area contributed by atoms with Crippen molar-refractivity contribution in [2.75, 3.05) is 0 Å². The molecule has 1 fully saturated rings. The van der Waals surface area contributed by atoms with Crippen molar-refractivity contribution in [3.8, 4) is 0 Å². The third kappa shape index (κ3) is 2.00. The summed E-state index contributed by atoms with van der Waals surface area (Å²) in [4.78, 5) is 0. The van der Waals surface area contributed by atoms with Crippen LogP contribution in [0.3, 0.4) is 0 Å². The summed E-state index contributed by atoms with van der Waals surface area (Å²) in [5.41, 5.74) is 0. The lowest BCUT2D eigenvalue weighted by molar-refractivity contribution is -0.630. The lowest BCUT2D eigenvalue weighted by Gasteiger charge is -2.47. The number of ether oxygens (including phenoxy) is 2. The van der Waals surface area contributed by atoms with Gasteiger partial charge in [0.1, 0.15) is 0 Å². The first kappa shape index (κ1) is 17.2. The summed E-state index contributed by atoms with van der Waals surface area (Å²) >= 11 is 0. The molecule has 1 aliphatic rings. The van der Waals surface area contributed by atoms with Gasteiger partial charge in [-0.05, 0) is 0 Å². The highest BCUT2D eigenvalue weighted by molar-refractivity contribution is 4.99. The van der Waals surface area contributed by atoms with E-state index in [9.17, 15) is 48.3 Å². The van der Waals surface area contributed by atoms with Gasteiger partial charge < -0.3 is 5.11 Å². The molecular formula is C6HF11O3. The molecule has 0 spiro atoms. The van der Waals surface area contributed by atoms with Crippen LogP contribution in [0.15, 0.2) is 0 Å². The van der Waals surface area contributed by atoms with Crippen LogP contribution < -0.4 is 0 Å². The van der Waals surface area contributed by atoms with E-state index >= 15 is 0 Å². The molecule has 14 heteroatoms. The Morgan fingerprint density at radius 3 is 1.30 bits per heavy atom. The van der Waals surface area contributed by atoms with Crippen LogP contribution in [0.25, 0.3) is 0 Å². The van der Waals surface area contributed by atoms with Crippen LogP contribution in [-0.4, -0.2) is 41.3 Å². The van der Waals surface area contributed by atoms with Crippen molar-refractivity contribution in [2.24, 2.45) is 0 Å². The fraction of sp³-hybridized carbons (Fsp3) is 1.00. The van der Waals surface area contributed by atoms with Crippen molar-refractivity contribution in [2.45, 2.75) is 36.2 Å². The van der Waals surface area contributed by atoms with Crippen molar-refractivity contribution in [3.63, 3.8) is 0 Å². The molecule has 3 atom stereocenters. The molecule has 3 nitrogen and oxygen atoms in total. The van der Waals surface area contributed by atoms with Gasteiger partial charge in [0.25, 0.3) is 0 Å². The highest BCUT2D eigenvalue weighted by Gasteiger charge is 2.90. The van der Waals surface area contributed by atoms with E-state index in [0.29, 0.717) is 0 Å². The second-order valence-corrected chi connectivity index (χ2v) is 3.47. The quantitative estimate of drug-likeness (QED) is 0.694. The number of aliphatic hydroxyl groups is 1. The van der Waals surface area contributed by atoms with Crippen molar-refractivity contribution < 1.29 is 62.9 Å². The Hall–Kier alpha value is -0.890. The molecule has 0 radical (unpaired) electrons. The van der Waals surface area contributed by atoms with Crippen molar-refractivity contribution in [1.82, 2.24) is 0 Å². The lowest BCUT2D eigenvalue weighted by atomic mass is 10.1. The minimum Gasteiger partial charge on any atom is -0.335 e. The molecule has 0 saturated carbocycles. The highest BCUT2D eigenvalue weighted by atomic mass is 19.4. The Kier molecular flexibility index (Phi) is 3.30. The number of halogens is 11. The molecule has 0 bridgehead atoms. The Balaban J connectivity index is 3.44. The molecule has 1 N–H and O–H groups in total. The predicted molar refractivity (Wildman–Crippen MR) is 33.0 cm³/mol. The smallest absolute Gasteiger partial charge is 0.335 e. The van der Waals surface area contributed by atoms with Crippen LogP contribution >= 0.6 is 0 Å². The summed E-state index contributed by atoms with van der Waals surface area (Å²) in [6, 6.07) is -6.22. The van der Waals surface area contributed by atoms with E-state index in [2.05, 4.69) is 0 Å². The number of hydrogen-bond acceptors (Lipinski definition) is 3. The molecule has 20 heavy (non-hydrogen) atoms. The molecule has 1 aliphatic heterocycles. The zero-order valence-electron chi connectivity index (χ0n) is 8.42. The Morgan fingerprint density at radius 1 is 0.650 bits per heavy atom. The maximum Gasteiger partial charge on any atom is 0.458 e. The van der Waals surface area contributed by atoms with Gasteiger partial charge in [-0.15, -0.1) is 0 Å². The Morgan fingerprint density at radius 2 is 1.00 bits per heavy atom. The third-order valence-corrected chi connectivity index (χ3v) is 2.04. The number of rotatable bonds is 0. The van der Waals surface area contributed by atoms with E-state index < -0.39 is 36.2 Å². The number of alkyl halides is 11. The van der Waals surface area contributed by atoms with Crippen LogP contribution in [0, 0.1) is 0 Å². The van der Waals surface area contributed by atoms with Gasteiger partial charge in [0.05, 0.1) is 0 Å². The van der Waals surface area contributed by atoms with Gasteiger partial charge in [-0.2, -0.15) is 48.3 Å². The van der Waals surface area contributed by atoms with E-state index in [4.69, 9.17) is 5.11 Å². The summed E-state index contributed by atoms with van der Waals surface area (Å²) in [5.74, 6) is -13.0. The van der Waals surface area contributed by atoms with Gasteiger partial charge in [0.15, 0.2) is 0 Å². The molecule has 120 valence electrons. The fourth-order valence-electron chi connectivity index (χ4n) is 1.07. The SMILES string of the molecule is OC1(F)OC(F)(C(F)(F)F)C(F)(F)OC1(F)C(F)(F)F. The standard InChI is InChI=1S/C6HF11O3/c7-1(3(9,10)11)5(15,16)19-2(8,4(12,13)14)6(17,18)20-1/h18H. The normalized spacial score (nSPS) is 42.6. The minimum atomic E-state index is -6.86. The topological polar surface area (TPSA) is 38.7 Å². The summed E-state index contributed by atoms with van der Waals surface area (Å²) in [7, 11) is 0. The predicted octanol–water partition coefficient (Wildman–Crippen LogP) is 2.70. The molecular weight excluding hydrogens is 329 g/mol. The first-order chi connectivity index (χ1) is 8.41. The van der Waals surface area contributed by atoms with Crippen molar-refractivity contribution in [1.29, 1.82) is 0 Å². The summed E-state index contributed by atoms with van der Waals surface area (Å²) in [6.07, 6.45) is -20.3. The average molecular weight is 330 g/mol. The first-order valence-electron chi connectivity index (χ1n) is 4.12. The van der Waals surface area contributed by atoms with Crippen molar-refractivity contribution in [3.05, 3.63) is 0 Å². The van der Waals surface area contributed by atoms with Gasteiger partial charge >= 0.3 is 36.2 Å². The summed E-state index contributed by atoms with van der Waals surface area (Å²) < 4.78 is 140. The zero-order chi connectivity index (χ0) is 16.4. The van der Waals surface area contributed by atoms with E-state index in [0.717, 1.165) is 0 Å². The summed E-state index contributed by atoms with van der Waals surface area (Å²) in [5, 5.41) is 8.18. The van der Waals surface area contributed by atoms with Crippen LogP contribution in [0.5, 0.6) is 0 Å². The first-order valence-corrected chi connectivity index (χ1v) is 4.12. The minimum absolute atomic E-state index is 1.91. The van der Waals surface area contributed by atoms with Gasteiger partial charge in [0.2, 0.25) is 0 Å². The average Bonchev–Trinajstić information content (AvgIpc) is 2.09. The molecule has 0 aromatic carbocycles. The maximum atomic E-state index is 13.0. The molecule has 0 aromatic heterocycles. The van der Waals surface area contributed by atoms with Crippen LogP contribution in [0.4, 0.5) is 48.3 Å². The van der Waals surface area contributed by atoms with Gasteiger partial charge in [-0.3, -0.25) is 9.47 Å². The molecule has 0 amide bonds. The van der Waals surface area contributed by atoms with E-state index in [-0.39, 0.29) is 0 Å². The molecule has 1 saturated heterocycles. The Bertz CT molecular complexity index is 362. The summed E-state index contributed by atoms with van der Waals surface area (Å²) in [6.45, 7) is 0. The molecule has 1 rings (SSSR count). The Labute approximate surface area is 100 Å². The molecule has 0 aliphatic carbocycles. The van der Waals surface area contributed by atoms with Crippen LogP contribution in [0.2, 0.25) is 0 Å². The molecule has 1 heterocycles. The van der Waals surface area contributed by atoms with Gasteiger partial charge in [0, 0.05) is 0 Å². The highest BCUT2D eigenvalue weighted by Crippen LogP contribution is 2.60. The second-order valence-electron chi connectivity index (χ2n) is 3.47. The lowest BCUT2D eigenvalue weighted by Crippen LogP contribution is -2.76. The van der Waals surface area contributed by atoms with Crippen LogP contribution in [0.1, 0.15) is 0 Å². The van der Waals surface area contributed by atoms with E-state index in [1.165, 1.54) is 0 Å². The van der Waals surface area contributed by atoms with E-state index in [1.54, 1.807) is 0 Å². The fourth-order valence-corrected chi connectivity index (χ4v) is 1.07. The third-order valence-electron chi connectivity index (χ3n) is 2.04. The zero-order valence-corrected chi connectivity index (χ0v) is 8.42. The van der Waals surface area contributed by atoms with Gasteiger partial charge in [-0.1, -0.05) is 0 Å². The second kappa shape index (κ2) is 3.85. The van der Waals surface area contributed by atoms with Gasteiger partial charge in [-0.25, -0.2) is 0 Å². The van der Waals surface area contributed by atoms with E-state index in [1.807, 2.05) is 9.47 Å². The largest absolute Gasteiger partial charge is 0.458 e. The number of hydrogen-bond donors (Lipinski definition) is 1. The van der Waals surface area contributed by atoms with Crippen molar-refractivity contribution >= 4 is 0 Å².